The Morgan fingerprint density at radius 3 is 2.40 bits per heavy atom. The maximum Gasteiger partial charge on any atom is 0.240 e. The smallest absolute Gasteiger partial charge is 0.240 e. The molecular formula is C14H18N2O2S2. The van der Waals surface area contributed by atoms with Gasteiger partial charge in [-0.3, -0.25) is 0 Å². The second-order valence-corrected chi connectivity index (χ2v) is 7.27. The topological polar surface area (TPSA) is 72.2 Å². The highest BCUT2D eigenvalue weighted by molar-refractivity contribution is 7.89. The lowest BCUT2D eigenvalue weighted by atomic mass is 10.1. The number of benzene rings is 1. The van der Waals surface area contributed by atoms with Crippen molar-refractivity contribution in [3.05, 3.63) is 51.7 Å². The second-order valence-electron chi connectivity index (χ2n) is 4.76. The van der Waals surface area contributed by atoms with Crippen LogP contribution in [0.5, 0.6) is 0 Å². The number of nitrogens with one attached hydrogen (secondary N) is 1. The third kappa shape index (κ3) is 3.46. The first-order valence-corrected chi connectivity index (χ1v) is 8.69. The van der Waals surface area contributed by atoms with Crippen LogP contribution in [0.25, 0.3) is 0 Å². The SMILES string of the molecule is Cc1cscc1CNS(=O)(=O)c1ccc(C(C)N)cc1. The quantitative estimate of drug-likeness (QED) is 0.891. The monoisotopic (exact) mass is 310 g/mol. The molecule has 1 aromatic carbocycles. The van der Waals surface area contributed by atoms with Gasteiger partial charge < -0.3 is 5.73 Å². The molecule has 0 fully saturated rings. The van der Waals surface area contributed by atoms with Crippen LogP contribution in [0.4, 0.5) is 0 Å². The van der Waals surface area contributed by atoms with Gasteiger partial charge in [-0.15, -0.1) is 0 Å². The molecule has 0 saturated carbocycles. The molecule has 0 amide bonds. The van der Waals surface area contributed by atoms with Gasteiger partial charge >= 0.3 is 0 Å². The molecule has 0 aliphatic rings. The van der Waals surface area contributed by atoms with Crippen molar-refractivity contribution in [3.8, 4) is 0 Å². The van der Waals surface area contributed by atoms with Crippen molar-refractivity contribution in [2.75, 3.05) is 0 Å². The first-order chi connectivity index (χ1) is 9.40. The Hall–Kier alpha value is -1.21. The van der Waals surface area contributed by atoms with Crippen LogP contribution in [0.2, 0.25) is 0 Å². The van der Waals surface area contributed by atoms with E-state index in [9.17, 15) is 8.42 Å². The molecule has 0 aliphatic carbocycles. The van der Waals surface area contributed by atoms with Gasteiger partial charge in [0.15, 0.2) is 0 Å². The summed E-state index contributed by atoms with van der Waals surface area (Å²) in [4.78, 5) is 0.259. The summed E-state index contributed by atoms with van der Waals surface area (Å²) in [5.41, 5.74) is 8.77. The zero-order valence-corrected chi connectivity index (χ0v) is 13.1. The number of aryl methyl sites for hydroxylation is 1. The van der Waals surface area contributed by atoms with Crippen molar-refractivity contribution in [1.82, 2.24) is 4.72 Å². The highest BCUT2D eigenvalue weighted by Gasteiger charge is 2.14. The number of hydrogen-bond donors (Lipinski definition) is 2. The van der Waals surface area contributed by atoms with E-state index in [0.29, 0.717) is 6.54 Å². The third-order valence-electron chi connectivity index (χ3n) is 3.13. The van der Waals surface area contributed by atoms with Gasteiger partial charge in [-0.2, -0.15) is 11.3 Å². The van der Waals surface area contributed by atoms with Gasteiger partial charge in [-0.1, -0.05) is 12.1 Å². The Morgan fingerprint density at radius 2 is 1.90 bits per heavy atom. The van der Waals surface area contributed by atoms with Crippen LogP contribution in [0.1, 0.15) is 29.7 Å². The fourth-order valence-corrected chi connectivity index (χ4v) is 3.64. The molecule has 0 bridgehead atoms. The molecule has 1 unspecified atom stereocenters. The van der Waals surface area contributed by atoms with Gasteiger partial charge in [0.2, 0.25) is 10.0 Å². The van der Waals surface area contributed by atoms with Crippen LogP contribution in [0.15, 0.2) is 39.9 Å². The number of rotatable bonds is 5. The Bertz CT molecular complexity index is 673. The zero-order valence-electron chi connectivity index (χ0n) is 11.5. The summed E-state index contributed by atoms with van der Waals surface area (Å²) in [5, 5.41) is 3.96. The van der Waals surface area contributed by atoms with Crippen LogP contribution < -0.4 is 10.5 Å². The third-order valence-corrected chi connectivity index (χ3v) is 5.46. The summed E-state index contributed by atoms with van der Waals surface area (Å²) in [6.07, 6.45) is 0. The van der Waals surface area contributed by atoms with Crippen LogP contribution in [-0.4, -0.2) is 8.42 Å². The maximum absolute atomic E-state index is 12.2. The summed E-state index contributed by atoms with van der Waals surface area (Å²) in [7, 11) is -3.48. The maximum atomic E-state index is 12.2. The van der Waals surface area contributed by atoms with Crippen molar-refractivity contribution >= 4 is 21.4 Å². The molecule has 0 saturated heterocycles. The predicted molar refractivity (Wildman–Crippen MR) is 82.1 cm³/mol. The van der Waals surface area contributed by atoms with Gasteiger partial charge in [0.05, 0.1) is 4.90 Å². The minimum Gasteiger partial charge on any atom is -0.324 e. The molecule has 0 radical (unpaired) electrons. The molecule has 20 heavy (non-hydrogen) atoms. The lowest BCUT2D eigenvalue weighted by molar-refractivity contribution is 0.581. The lowest BCUT2D eigenvalue weighted by Gasteiger charge is -2.09. The van der Waals surface area contributed by atoms with E-state index in [2.05, 4.69) is 4.72 Å². The average molecular weight is 310 g/mol. The van der Waals surface area contributed by atoms with Gasteiger partial charge in [-0.05, 0) is 53.4 Å². The summed E-state index contributed by atoms with van der Waals surface area (Å²) in [6, 6.07) is 6.56. The van der Waals surface area contributed by atoms with Crippen LogP contribution in [0.3, 0.4) is 0 Å². The Morgan fingerprint density at radius 1 is 1.25 bits per heavy atom. The molecule has 2 aromatic rings. The average Bonchev–Trinajstić information content (AvgIpc) is 2.82. The Kier molecular flexibility index (Phi) is 4.59. The second kappa shape index (κ2) is 6.05. The largest absolute Gasteiger partial charge is 0.324 e. The normalized spacial score (nSPS) is 13.3. The van der Waals surface area contributed by atoms with Crippen molar-refractivity contribution in [2.24, 2.45) is 5.73 Å². The summed E-state index contributed by atoms with van der Waals surface area (Å²) in [5.74, 6) is 0. The van der Waals surface area contributed by atoms with E-state index in [1.165, 1.54) is 0 Å². The van der Waals surface area contributed by atoms with E-state index in [1.807, 2.05) is 24.6 Å². The Labute approximate surface area is 123 Å². The van der Waals surface area contributed by atoms with Crippen LogP contribution in [0, 0.1) is 6.92 Å². The first kappa shape index (κ1) is 15.2. The Balaban J connectivity index is 2.12. The van der Waals surface area contributed by atoms with E-state index < -0.39 is 10.0 Å². The fraction of sp³-hybridized carbons (Fsp3) is 0.286. The van der Waals surface area contributed by atoms with Crippen molar-refractivity contribution < 1.29 is 8.42 Å². The van der Waals surface area contributed by atoms with Gasteiger partial charge in [0.25, 0.3) is 0 Å². The minimum atomic E-state index is -3.48. The molecule has 1 atom stereocenters. The van der Waals surface area contributed by atoms with Crippen LogP contribution >= 0.6 is 11.3 Å². The predicted octanol–water partition coefficient (Wildman–Crippen LogP) is 2.55. The standard InChI is InChI=1S/C14H18N2O2S2/c1-10-8-19-9-13(10)7-16-20(17,18)14-5-3-12(4-6-14)11(2)15/h3-6,8-9,11,16H,7,15H2,1-2H3. The first-order valence-electron chi connectivity index (χ1n) is 6.27. The number of sulfonamides is 1. The van der Waals surface area contributed by atoms with Gasteiger partial charge in [0, 0.05) is 12.6 Å². The highest BCUT2D eigenvalue weighted by atomic mass is 32.2. The number of nitrogens with two attached hydrogens (primary N) is 1. The molecule has 0 spiro atoms. The molecule has 4 nitrogen and oxygen atoms in total. The summed E-state index contributed by atoms with van der Waals surface area (Å²) in [6.45, 7) is 4.14. The number of hydrogen-bond acceptors (Lipinski definition) is 4. The molecule has 0 aliphatic heterocycles. The fourth-order valence-electron chi connectivity index (χ4n) is 1.77. The highest BCUT2D eigenvalue weighted by Crippen LogP contribution is 2.17. The van der Waals surface area contributed by atoms with E-state index in [4.69, 9.17) is 5.73 Å². The summed E-state index contributed by atoms with van der Waals surface area (Å²) < 4.78 is 27.0. The van der Waals surface area contributed by atoms with Crippen LogP contribution in [-0.2, 0) is 16.6 Å². The minimum absolute atomic E-state index is 0.104. The van der Waals surface area contributed by atoms with E-state index >= 15 is 0 Å². The van der Waals surface area contributed by atoms with E-state index in [-0.39, 0.29) is 10.9 Å². The van der Waals surface area contributed by atoms with Gasteiger partial charge in [0.1, 0.15) is 0 Å². The van der Waals surface area contributed by atoms with Crippen molar-refractivity contribution in [1.29, 1.82) is 0 Å². The van der Waals surface area contributed by atoms with Crippen molar-refractivity contribution in [2.45, 2.75) is 31.3 Å². The molecule has 6 heteroatoms. The van der Waals surface area contributed by atoms with E-state index in [0.717, 1.165) is 16.7 Å². The molecule has 3 N–H and O–H groups in total. The zero-order chi connectivity index (χ0) is 14.8. The molecule has 1 aromatic heterocycles. The number of thiophene rings is 1. The lowest BCUT2D eigenvalue weighted by Crippen LogP contribution is -2.23. The summed E-state index contributed by atoms with van der Waals surface area (Å²) >= 11 is 1.57. The molecule has 2 rings (SSSR count). The molecular weight excluding hydrogens is 292 g/mol. The van der Waals surface area contributed by atoms with E-state index in [1.54, 1.807) is 35.6 Å². The van der Waals surface area contributed by atoms with Gasteiger partial charge in [-0.25, -0.2) is 13.1 Å². The van der Waals surface area contributed by atoms with Crippen molar-refractivity contribution in [3.63, 3.8) is 0 Å². The molecule has 108 valence electrons. The molecule has 1 heterocycles.